The fourth-order valence-electron chi connectivity index (χ4n) is 6.58. The molecule has 1 saturated carbocycles. The van der Waals surface area contributed by atoms with E-state index >= 15 is 0 Å². The number of ether oxygens (including phenoxy) is 2. The van der Waals surface area contributed by atoms with Gasteiger partial charge in [0.1, 0.15) is 12.4 Å². The largest absolute Gasteiger partial charge is 0.462 e. The lowest BCUT2D eigenvalue weighted by atomic mass is 9.88. The lowest BCUT2D eigenvalue weighted by Crippen LogP contribution is -2.28. The maximum atomic E-state index is 12.5. The van der Waals surface area contributed by atoms with E-state index < -0.39 is 30.9 Å². The van der Waals surface area contributed by atoms with Gasteiger partial charge in [-0.05, 0) is 31.6 Å². The number of hydrogen-bond acceptors (Lipinski definition) is 8. The molecule has 0 aliphatic heterocycles. The molecule has 48 heavy (non-hydrogen) atoms. The number of hydrogen-bond donors (Lipinski definition) is 3. The zero-order valence-corrected chi connectivity index (χ0v) is 30.9. The van der Waals surface area contributed by atoms with Crippen LogP contribution in [0, 0.1) is 17.8 Å². The van der Waals surface area contributed by atoms with Gasteiger partial charge >= 0.3 is 11.9 Å². The number of aliphatic hydroxyl groups is 3. The second-order valence-corrected chi connectivity index (χ2v) is 14.6. The van der Waals surface area contributed by atoms with Crippen molar-refractivity contribution in [1.82, 2.24) is 0 Å². The van der Waals surface area contributed by atoms with Crippen molar-refractivity contribution in [2.45, 2.75) is 193 Å². The zero-order valence-electron chi connectivity index (χ0n) is 30.9. The summed E-state index contributed by atoms with van der Waals surface area (Å²) < 4.78 is 10.6. The Kier molecular flexibility index (Phi) is 26.7. The fourth-order valence-corrected chi connectivity index (χ4v) is 6.58. The molecule has 0 aromatic rings. The van der Waals surface area contributed by atoms with Gasteiger partial charge < -0.3 is 24.8 Å². The second kappa shape index (κ2) is 29.0. The van der Waals surface area contributed by atoms with Crippen molar-refractivity contribution in [1.29, 1.82) is 0 Å². The molecular weight excluding hydrogens is 608 g/mol. The van der Waals surface area contributed by atoms with Crippen molar-refractivity contribution in [3.8, 4) is 0 Å². The number of unbranched alkanes of at least 4 members (excludes halogenated alkanes) is 15. The Hall–Kier alpha value is -1.77. The first-order chi connectivity index (χ1) is 23.2. The third kappa shape index (κ3) is 22.8. The molecule has 0 bridgehead atoms. The summed E-state index contributed by atoms with van der Waals surface area (Å²) in [5.74, 6) is -0.332. The lowest BCUT2D eigenvalue weighted by molar-refractivity contribution is -0.161. The predicted molar refractivity (Wildman–Crippen MR) is 192 cm³/mol. The average molecular weight is 681 g/mol. The molecule has 1 aliphatic rings. The molecule has 8 nitrogen and oxygen atoms in total. The van der Waals surface area contributed by atoms with Crippen LogP contribution in [0.1, 0.15) is 175 Å². The van der Waals surface area contributed by atoms with E-state index in [-0.39, 0.29) is 43.0 Å². The third-order valence-corrected chi connectivity index (χ3v) is 9.63. The number of rotatable bonds is 31. The summed E-state index contributed by atoms with van der Waals surface area (Å²) in [7, 11) is 0. The SMILES string of the molecule is CCCCC[C@H](O)/C=C/[C@H]1[C@H](O)CC(=O)[C@@H]1CCCCCCC(=O)O[C@@H](CO)COC(=O)CCCCCCCCCCCCCC(C)C. The van der Waals surface area contributed by atoms with E-state index in [0.29, 0.717) is 25.7 Å². The van der Waals surface area contributed by atoms with Crippen LogP contribution >= 0.6 is 0 Å². The van der Waals surface area contributed by atoms with Crippen LogP contribution in [0.2, 0.25) is 0 Å². The van der Waals surface area contributed by atoms with Crippen molar-refractivity contribution < 1.29 is 39.2 Å². The Morgan fingerprint density at radius 3 is 1.92 bits per heavy atom. The lowest BCUT2D eigenvalue weighted by Gasteiger charge is -2.18. The summed E-state index contributed by atoms with van der Waals surface area (Å²) >= 11 is 0. The summed E-state index contributed by atoms with van der Waals surface area (Å²) in [4.78, 5) is 36.9. The van der Waals surface area contributed by atoms with Gasteiger partial charge in [-0.3, -0.25) is 14.4 Å². The number of Topliss-reactive ketones (excluding diaryl/α,β-unsaturated/α-hetero) is 1. The minimum Gasteiger partial charge on any atom is -0.462 e. The molecule has 1 rings (SSSR count). The van der Waals surface area contributed by atoms with Gasteiger partial charge in [0, 0.05) is 31.1 Å². The molecule has 3 N–H and O–H groups in total. The van der Waals surface area contributed by atoms with Gasteiger partial charge in [0.15, 0.2) is 6.10 Å². The van der Waals surface area contributed by atoms with E-state index in [1.807, 2.05) is 6.08 Å². The Bertz CT molecular complexity index is 856. The molecule has 0 spiro atoms. The fraction of sp³-hybridized carbons (Fsp3) is 0.875. The van der Waals surface area contributed by atoms with E-state index in [4.69, 9.17) is 9.47 Å². The first kappa shape index (κ1) is 44.3. The molecule has 5 atom stereocenters. The number of ketones is 1. The molecule has 0 amide bonds. The number of carbonyl (C=O) groups excluding carboxylic acids is 3. The van der Waals surface area contributed by atoms with Gasteiger partial charge in [-0.25, -0.2) is 0 Å². The van der Waals surface area contributed by atoms with Crippen molar-refractivity contribution in [3.63, 3.8) is 0 Å². The van der Waals surface area contributed by atoms with Crippen molar-refractivity contribution in [3.05, 3.63) is 12.2 Å². The van der Waals surface area contributed by atoms with Crippen molar-refractivity contribution in [2.24, 2.45) is 17.8 Å². The first-order valence-electron chi connectivity index (χ1n) is 19.7. The van der Waals surface area contributed by atoms with E-state index in [2.05, 4.69) is 20.8 Å². The van der Waals surface area contributed by atoms with Crippen LogP contribution in [0.25, 0.3) is 0 Å². The van der Waals surface area contributed by atoms with Crippen LogP contribution in [-0.4, -0.2) is 64.6 Å². The quantitative estimate of drug-likeness (QED) is 0.0377. The Balaban J connectivity index is 2.09. The van der Waals surface area contributed by atoms with Crippen LogP contribution in [-0.2, 0) is 23.9 Å². The molecule has 1 aliphatic carbocycles. The molecule has 0 unspecified atom stereocenters. The summed E-state index contributed by atoms with van der Waals surface area (Å²) in [5.41, 5.74) is 0. The molecule has 0 heterocycles. The third-order valence-electron chi connectivity index (χ3n) is 9.63. The molecular formula is C40H72O8. The van der Waals surface area contributed by atoms with Gasteiger partial charge in [-0.2, -0.15) is 0 Å². The Morgan fingerprint density at radius 2 is 1.33 bits per heavy atom. The van der Waals surface area contributed by atoms with Crippen molar-refractivity contribution in [2.75, 3.05) is 13.2 Å². The summed E-state index contributed by atoms with van der Waals surface area (Å²) in [6, 6.07) is 0. The Morgan fingerprint density at radius 1 is 0.792 bits per heavy atom. The first-order valence-corrected chi connectivity index (χ1v) is 19.7. The zero-order chi connectivity index (χ0) is 35.4. The van der Waals surface area contributed by atoms with Crippen LogP contribution in [0.4, 0.5) is 0 Å². The minimum absolute atomic E-state index is 0.0797. The van der Waals surface area contributed by atoms with Gasteiger partial charge in [0.05, 0.1) is 18.8 Å². The van der Waals surface area contributed by atoms with Crippen molar-refractivity contribution >= 4 is 17.7 Å². The van der Waals surface area contributed by atoms with E-state index in [0.717, 1.165) is 63.7 Å². The van der Waals surface area contributed by atoms with Gasteiger partial charge in [0.25, 0.3) is 0 Å². The highest BCUT2D eigenvalue weighted by molar-refractivity contribution is 5.84. The van der Waals surface area contributed by atoms with Gasteiger partial charge in [-0.1, -0.05) is 142 Å². The van der Waals surface area contributed by atoms with E-state index in [1.54, 1.807) is 6.08 Å². The van der Waals surface area contributed by atoms with E-state index in [9.17, 15) is 29.7 Å². The maximum Gasteiger partial charge on any atom is 0.306 e. The van der Waals surface area contributed by atoms with Crippen LogP contribution in [0.15, 0.2) is 12.2 Å². The monoisotopic (exact) mass is 681 g/mol. The number of esters is 2. The second-order valence-electron chi connectivity index (χ2n) is 14.6. The molecule has 280 valence electrons. The summed E-state index contributed by atoms with van der Waals surface area (Å²) in [5, 5.41) is 30.2. The summed E-state index contributed by atoms with van der Waals surface area (Å²) in [6.45, 7) is 6.17. The van der Waals surface area contributed by atoms with Crippen LogP contribution in [0.5, 0.6) is 0 Å². The van der Waals surface area contributed by atoms with Gasteiger partial charge in [-0.15, -0.1) is 0 Å². The molecule has 1 fully saturated rings. The smallest absolute Gasteiger partial charge is 0.306 e. The predicted octanol–water partition coefficient (Wildman–Crippen LogP) is 8.57. The standard InChI is InChI=1S/C40H72O8/c1-4-5-17-23-33(42)27-28-36-35(37(43)29-38(36)44)24-19-15-16-21-26-40(46)48-34(30-41)31-47-39(45)25-20-14-12-10-8-6-7-9-11-13-18-22-32(2)3/h27-28,32-36,38,41-42,44H,4-26,29-31H2,1-3H3/b28-27+/t33-,34-,35+,36+,38+/m0/s1. The van der Waals surface area contributed by atoms with Crippen LogP contribution < -0.4 is 0 Å². The average Bonchev–Trinajstić information content (AvgIpc) is 3.32. The molecule has 0 aromatic carbocycles. The summed E-state index contributed by atoms with van der Waals surface area (Å²) in [6.07, 6.45) is 24.6. The Labute approximate surface area is 292 Å². The molecule has 0 aromatic heterocycles. The highest BCUT2D eigenvalue weighted by Gasteiger charge is 2.39. The topological polar surface area (TPSA) is 130 Å². The molecule has 8 heteroatoms. The molecule has 0 saturated heterocycles. The highest BCUT2D eigenvalue weighted by atomic mass is 16.6. The van der Waals surface area contributed by atoms with Gasteiger partial charge in [0.2, 0.25) is 0 Å². The highest BCUT2D eigenvalue weighted by Crippen LogP contribution is 2.34. The maximum absolute atomic E-state index is 12.5. The van der Waals surface area contributed by atoms with Crippen LogP contribution in [0.3, 0.4) is 0 Å². The minimum atomic E-state index is -0.855. The number of aliphatic hydroxyl groups excluding tert-OH is 3. The molecule has 0 radical (unpaired) electrons. The number of carbonyl (C=O) groups is 3. The normalized spacial score (nSPS) is 19.3. The van der Waals surface area contributed by atoms with E-state index in [1.165, 1.54) is 57.8 Å².